The van der Waals surface area contributed by atoms with Gasteiger partial charge in [0.05, 0.1) is 32.1 Å². The van der Waals surface area contributed by atoms with Gasteiger partial charge in [0.15, 0.2) is 0 Å². The Labute approximate surface area is 169 Å². The van der Waals surface area contributed by atoms with Crippen molar-refractivity contribution >= 4 is 46.6 Å². The number of fused-ring (bicyclic) bond motifs is 1. The number of amides is 3. The number of nitro benzene ring substituents is 1. The Morgan fingerprint density at radius 3 is 2.43 bits per heavy atom. The fraction of sp³-hybridized carbons (Fsp3) is 0.167. The molecule has 0 spiro atoms. The highest BCUT2D eigenvalue weighted by atomic mass is 35.5. The molecule has 1 N–H and O–H groups in total. The molecular formula is C18H13Cl2N3O5. The lowest BCUT2D eigenvalue weighted by atomic mass is 10.1. The van der Waals surface area contributed by atoms with Crippen molar-refractivity contribution < 1.29 is 19.3 Å². The molecule has 0 radical (unpaired) electrons. The quantitative estimate of drug-likeness (QED) is 0.451. The second-order valence-electron chi connectivity index (χ2n) is 6.15. The predicted octanol–water partition coefficient (Wildman–Crippen LogP) is 3.38. The van der Waals surface area contributed by atoms with Gasteiger partial charge in [-0.05, 0) is 30.7 Å². The molecular weight excluding hydrogens is 409 g/mol. The summed E-state index contributed by atoms with van der Waals surface area (Å²) < 4.78 is 0. The topological polar surface area (TPSA) is 110 Å². The van der Waals surface area contributed by atoms with Crippen LogP contribution >= 0.6 is 23.2 Å². The van der Waals surface area contributed by atoms with E-state index in [1.54, 1.807) is 25.1 Å². The summed E-state index contributed by atoms with van der Waals surface area (Å²) in [6, 6.07) is 7.84. The number of carbonyl (C=O) groups is 3. The van der Waals surface area contributed by atoms with Crippen LogP contribution in [0, 0.1) is 10.1 Å². The maximum atomic E-state index is 12.4. The molecule has 3 amide bonds. The van der Waals surface area contributed by atoms with Crippen molar-refractivity contribution in [2.24, 2.45) is 0 Å². The number of benzene rings is 2. The fourth-order valence-corrected chi connectivity index (χ4v) is 3.14. The SMILES string of the molecule is CC(NC(=O)CN1C(=O)c2ccc([N+](=O)[O-])cc2C1=O)c1ccc(Cl)c(Cl)c1. The standard InChI is InChI=1S/C18H13Cl2N3O5/c1-9(10-2-5-14(19)15(20)6-10)21-16(24)8-22-17(25)12-4-3-11(23(27)28)7-13(12)18(22)26/h2-7,9H,8H2,1H3,(H,21,24). The maximum absolute atomic E-state index is 12.4. The highest BCUT2D eigenvalue weighted by Gasteiger charge is 2.37. The summed E-state index contributed by atoms with van der Waals surface area (Å²) in [6.45, 7) is 1.20. The third-order valence-electron chi connectivity index (χ3n) is 4.29. The summed E-state index contributed by atoms with van der Waals surface area (Å²) in [4.78, 5) is 48.1. The fourth-order valence-electron chi connectivity index (χ4n) is 2.83. The molecule has 8 nitrogen and oxygen atoms in total. The van der Waals surface area contributed by atoms with Crippen LogP contribution in [0.2, 0.25) is 10.0 Å². The van der Waals surface area contributed by atoms with E-state index in [2.05, 4.69) is 5.32 Å². The third kappa shape index (κ3) is 3.69. The van der Waals surface area contributed by atoms with Crippen LogP contribution in [0.1, 0.15) is 39.2 Å². The van der Waals surface area contributed by atoms with Crippen molar-refractivity contribution in [1.29, 1.82) is 0 Å². The number of hydrogen-bond acceptors (Lipinski definition) is 5. The molecule has 2 aromatic carbocycles. The van der Waals surface area contributed by atoms with E-state index in [0.29, 0.717) is 15.6 Å². The molecule has 10 heteroatoms. The molecule has 1 heterocycles. The molecule has 0 aliphatic carbocycles. The normalized spacial score (nSPS) is 14.0. The maximum Gasteiger partial charge on any atom is 0.270 e. The Balaban J connectivity index is 1.72. The van der Waals surface area contributed by atoms with Gasteiger partial charge in [-0.1, -0.05) is 29.3 Å². The summed E-state index contributed by atoms with van der Waals surface area (Å²) in [5.41, 5.74) is 0.325. The van der Waals surface area contributed by atoms with E-state index < -0.39 is 35.2 Å². The van der Waals surface area contributed by atoms with Crippen LogP contribution in [0.3, 0.4) is 0 Å². The number of imide groups is 1. The molecule has 3 rings (SSSR count). The molecule has 0 fully saturated rings. The molecule has 1 aliphatic heterocycles. The smallest absolute Gasteiger partial charge is 0.270 e. The van der Waals surface area contributed by atoms with Crippen LogP contribution in [0.15, 0.2) is 36.4 Å². The first-order chi connectivity index (χ1) is 13.2. The highest BCUT2D eigenvalue weighted by molar-refractivity contribution is 6.42. The highest BCUT2D eigenvalue weighted by Crippen LogP contribution is 2.27. The monoisotopic (exact) mass is 421 g/mol. The molecule has 0 saturated heterocycles. The van der Waals surface area contributed by atoms with Gasteiger partial charge in [-0.2, -0.15) is 0 Å². The minimum Gasteiger partial charge on any atom is -0.348 e. The summed E-state index contributed by atoms with van der Waals surface area (Å²) in [6.07, 6.45) is 0. The lowest BCUT2D eigenvalue weighted by Gasteiger charge is -2.18. The van der Waals surface area contributed by atoms with Gasteiger partial charge < -0.3 is 5.32 Å². The van der Waals surface area contributed by atoms with Crippen LogP contribution in [-0.4, -0.2) is 34.1 Å². The largest absolute Gasteiger partial charge is 0.348 e. The number of halogens is 2. The average Bonchev–Trinajstić information content (AvgIpc) is 2.88. The first-order valence-electron chi connectivity index (χ1n) is 8.08. The number of carbonyl (C=O) groups excluding carboxylic acids is 3. The van der Waals surface area contributed by atoms with Crippen molar-refractivity contribution in [2.75, 3.05) is 6.54 Å². The number of rotatable bonds is 5. The van der Waals surface area contributed by atoms with Gasteiger partial charge >= 0.3 is 0 Å². The molecule has 1 unspecified atom stereocenters. The average molecular weight is 422 g/mol. The number of nitro groups is 1. The summed E-state index contributed by atoms with van der Waals surface area (Å²) in [5, 5.41) is 14.2. The van der Waals surface area contributed by atoms with Crippen LogP contribution < -0.4 is 5.32 Å². The Morgan fingerprint density at radius 2 is 1.79 bits per heavy atom. The molecule has 28 heavy (non-hydrogen) atoms. The Hall–Kier alpha value is -2.97. The van der Waals surface area contributed by atoms with E-state index in [0.717, 1.165) is 17.0 Å². The molecule has 1 aliphatic rings. The van der Waals surface area contributed by atoms with Gasteiger partial charge in [0.1, 0.15) is 6.54 Å². The second kappa shape index (κ2) is 7.57. The molecule has 1 atom stereocenters. The second-order valence-corrected chi connectivity index (χ2v) is 6.96. The summed E-state index contributed by atoms with van der Waals surface area (Å²) >= 11 is 11.8. The first-order valence-corrected chi connectivity index (χ1v) is 8.83. The summed E-state index contributed by atoms with van der Waals surface area (Å²) in [5.74, 6) is -1.99. The zero-order valence-electron chi connectivity index (χ0n) is 14.4. The first kappa shape index (κ1) is 19.8. The summed E-state index contributed by atoms with van der Waals surface area (Å²) in [7, 11) is 0. The van der Waals surface area contributed by atoms with Gasteiger partial charge in [0.2, 0.25) is 5.91 Å². The van der Waals surface area contributed by atoms with Crippen LogP contribution in [0.4, 0.5) is 5.69 Å². The lowest BCUT2D eigenvalue weighted by molar-refractivity contribution is -0.384. The molecule has 0 aromatic heterocycles. The van der Waals surface area contributed by atoms with Crippen LogP contribution in [0.5, 0.6) is 0 Å². The van der Waals surface area contributed by atoms with Crippen molar-refractivity contribution in [3.63, 3.8) is 0 Å². The van der Waals surface area contributed by atoms with Gasteiger partial charge in [-0.3, -0.25) is 29.4 Å². The Morgan fingerprint density at radius 1 is 1.11 bits per heavy atom. The van der Waals surface area contributed by atoms with E-state index in [-0.39, 0.29) is 16.8 Å². The van der Waals surface area contributed by atoms with E-state index in [1.165, 1.54) is 6.07 Å². The van der Waals surface area contributed by atoms with Crippen molar-refractivity contribution in [3.05, 3.63) is 73.2 Å². The van der Waals surface area contributed by atoms with E-state index in [4.69, 9.17) is 23.2 Å². The molecule has 0 bridgehead atoms. The van der Waals surface area contributed by atoms with Crippen LogP contribution in [0.25, 0.3) is 0 Å². The van der Waals surface area contributed by atoms with Crippen LogP contribution in [-0.2, 0) is 4.79 Å². The van der Waals surface area contributed by atoms with Gasteiger partial charge in [0.25, 0.3) is 17.5 Å². The third-order valence-corrected chi connectivity index (χ3v) is 5.03. The Kier molecular flexibility index (Phi) is 5.35. The van der Waals surface area contributed by atoms with E-state index in [1.807, 2.05) is 0 Å². The van der Waals surface area contributed by atoms with Crippen molar-refractivity contribution in [1.82, 2.24) is 10.2 Å². The molecule has 144 valence electrons. The number of nitrogens with one attached hydrogen (secondary N) is 1. The molecule has 0 saturated carbocycles. The van der Waals surface area contributed by atoms with E-state index in [9.17, 15) is 24.5 Å². The zero-order chi connectivity index (χ0) is 20.6. The van der Waals surface area contributed by atoms with Gasteiger partial charge in [-0.25, -0.2) is 0 Å². The lowest BCUT2D eigenvalue weighted by Crippen LogP contribution is -2.41. The minimum atomic E-state index is -0.749. The number of nitrogens with zero attached hydrogens (tertiary/aromatic N) is 2. The number of hydrogen-bond donors (Lipinski definition) is 1. The minimum absolute atomic E-state index is 0.0286. The molecule has 2 aromatic rings. The predicted molar refractivity (Wildman–Crippen MR) is 101 cm³/mol. The number of non-ortho nitro benzene ring substituents is 1. The van der Waals surface area contributed by atoms with Gasteiger partial charge in [0, 0.05) is 12.1 Å². The Bertz CT molecular complexity index is 1020. The zero-order valence-corrected chi connectivity index (χ0v) is 16.0. The van der Waals surface area contributed by atoms with Crippen molar-refractivity contribution in [2.45, 2.75) is 13.0 Å². The van der Waals surface area contributed by atoms with E-state index >= 15 is 0 Å². The van der Waals surface area contributed by atoms with Gasteiger partial charge in [-0.15, -0.1) is 0 Å². The van der Waals surface area contributed by atoms with Crippen molar-refractivity contribution in [3.8, 4) is 0 Å².